The summed E-state index contributed by atoms with van der Waals surface area (Å²) in [4.78, 5) is 30.8. The second-order valence-electron chi connectivity index (χ2n) is 13.5. The maximum Gasteiger partial charge on any atom is 0.264 e. The van der Waals surface area contributed by atoms with Gasteiger partial charge in [-0.2, -0.15) is 0 Å². The zero-order chi connectivity index (χ0) is 35.7. The van der Waals surface area contributed by atoms with Gasteiger partial charge in [0.15, 0.2) is 0 Å². The molecule has 0 aromatic heterocycles. The third-order valence-corrected chi connectivity index (χ3v) is 11.2. The van der Waals surface area contributed by atoms with Crippen LogP contribution in [0.1, 0.15) is 74.1 Å². The fraction of sp³-hybridized carbons (Fsp3) is 0.366. The van der Waals surface area contributed by atoms with Crippen molar-refractivity contribution in [3.63, 3.8) is 0 Å². The van der Waals surface area contributed by atoms with Gasteiger partial charge in [-0.05, 0) is 78.8 Å². The average Bonchev–Trinajstić information content (AvgIpc) is 3.13. The van der Waals surface area contributed by atoms with Crippen LogP contribution < -0.4 is 14.4 Å². The Morgan fingerprint density at radius 3 is 2.14 bits per heavy atom. The Hall–Kier alpha value is -4.63. The second kappa shape index (κ2) is 16.9. The minimum Gasteiger partial charge on any atom is -0.497 e. The predicted octanol–water partition coefficient (Wildman–Crippen LogP) is 7.41. The first-order valence-corrected chi connectivity index (χ1v) is 18.9. The molecule has 1 saturated carbocycles. The smallest absolute Gasteiger partial charge is 0.264 e. The number of aryl methyl sites for hydroxylation is 1. The van der Waals surface area contributed by atoms with E-state index in [9.17, 15) is 18.0 Å². The molecule has 1 atom stereocenters. The van der Waals surface area contributed by atoms with E-state index in [-0.39, 0.29) is 35.7 Å². The van der Waals surface area contributed by atoms with E-state index in [2.05, 4.69) is 19.2 Å². The van der Waals surface area contributed by atoms with E-state index in [1.165, 1.54) is 4.31 Å². The van der Waals surface area contributed by atoms with Gasteiger partial charge in [0, 0.05) is 19.0 Å². The summed E-state index contributed by atoms with van der Waals surface area (Å²) in [5.41, 5.74) is 4.00. The number of nitrogens with zero attached hydrogens (tertiary/aromatic N) is 2. The minimum atomic E-state index is -4.18. The first-order chi connectivity index (χ1) is 24.0. The summed E-state index contributed by atoms with van der Waals surface area (Å²) in [5.74, 6) is 0.130. The van der Waals surface area contributed by atoms with E-state index >= 15 is 0 Å². The molecule has 9 heteroatoms. The first-order valence-electron chi connectivity index (χ1n) is 17.5. The largest absolute Gasteiger partial charge is 0.497 e. The van der Waals surface area contributed by atoms with Crippen molar-refractivity contribution < 1.29 is 22.7 Å². The first kappa shape index (κ1) is 36.6. The molecule has 264 valence electrons. The number of anilines is 1. The third kappa shape index (κ3) is 9.33. The lowest BCUT2D eigenvalue weighted by molar-refractivity contribution is -0.140. The lowest BCUT2D eigenvalue weighted by atomic mass is 9.94. The molecule has 1 aliphatic carbocycles. The summed E-state index contributed by atoms with van der Waals surface area (Å²) < 4.78 is 35.4. The lowest BCUT2D eigenvalue weighted by Crippen LogP contribution is -2.55. The van der Waals surface area contributed by atoms with Crippen molar-refractivity contribution in [2.24, 2.45) is 0 Å². The molecule has 5 rings (SSSR count). The van der Waals surface area contributed by atoms with E-state index in [0.717, 1.165) is 54.4 Å². The summed E-state index contributed by atoms with van der Waals surface area (Å²) in [6.45, 7) is 5.62. The number of hydrogen-bond acceptors (Lipinski definition) is 5. The Balaban J connectivity index is 1.58. The van der Waals surface area contributed by atoms with E-state index in [4.69, 9.17) is 4.74 Å². The molecular weight excluding hydrogens is 647 g/mol. The monoisotopic (exact) mass is 695 g/mol. The number of benzene rings is 4. The third-order valence-electron chi connectivity index (χ3n) is 9.45. The van der Waals surface area contributed by atoms with Gasteiger partial charge in [0.25, 0.3) is 10.0 Å². The maximum atomic E-state index is 14.8. The van der Waals surface area contributed by atoms with Crippen LogP contribution >= 0.6 is 0 Å². The summed E-state index contributed by atoms with van der Waals surface area (Å²) in [6.07, 6.45) is 5.28. The maximum absolute atomic E-state index is 14.8. The number of nitrogens with one attached hydrogen (secondary N) is 1. The molecule has 1 aliphatic rings. The average molecular weight is 696 g/mol. The standard InChI is InChI=1S/C41H49N3O5S/c1-30(2)34-20-22-36(23-21-34)44(50(47,48)38-24-18-31(3)19-25-38)29-40(45)43(28-33-14-11-17-37(26-33)49-4)39(27-32-12-7-5-8-13-32)41(46)42-35-15-9-6-10-16-35/h5,7-8,11-14,17-26,30,35,39H,6,9-10,15-16,27-29H2,1-4H3,(H,42,46). The van der Waals surface area contributed by atoms with E-state index < -0.39 is 28.5 Å². The molecule has 0 aliphatic heterocycles. The van der Waals surface area contributed by atoms with Gasteiger partial charge in [0.2, 0.25) is 11.8 Å². The molecule has 0 radical (unpaired) electrons. The van der Waals surface area contributed by atoms with E-state index in [1.54, 1.807) is 48.4 Å². The fourth-order valence-corrected chi connectivity index (χ4v) is 7.87. The van der Waals surface area contributed by atoms with Crippen LogP contribution in [0.2, 0.25) is 0 Å². The van der Waals surface area contributed by atoms with Crippen LogP contribution in [0.25, 0.3) is 0 Å². The highest BCUT2D eigenvalue weighted by atomic mass is 32.2. The van der Waals surface area contributed by atoms with Crippen LogP contribution in [0.4, 0.5) is 5.69 Å². The zero-order valence-corrected chi connectivity index (χ0v) is 30.4. The normalized spacial score (nSPS) is 14.2. The molecule has 1 fully saturated rings. The Labute approximate surface area is 297 Å². The second-order valence-corrected chi connectivity index (χ2v) is 15.4. The van der Waals surface area contributed by atoms with Crippen molar-refractivity contribution in [2.45, 2.75) is 88.7 Å². The molecule has 2 amide bonds. The van der Waals surface area contributed by atoms with Gasteiger partial charge < -0.3 is 15.0 Å². The number of sulfonamides is 1. The van der Waals surface area contributed by atoms with Gasteiger partial charge in [-0.15, -0.1) is 0 Å². The van der Waals surface area contributed by atoms with Gasteiger partial charge in [0.1, 0.15) is 18.3 Å². The lowest BCUT2D eigenvalue weighted by Gasteiger charge is -2.35. The van der Waals surface area contributed by atoms with Gasteiger partial charge in [-0.25, -0.2) is 8.42 Å². The highest BCUT2D eigenvalue weighted by Crippen LogP contribution is 2.28. The number of carbonyl (C=O) groups is 2. The fourth-order valence-electron chi connectivity index (χ4n) is 6.46. The molecule has 4 aromatic carbocycles. The van der Waals surface area contributed by atoms with Gasteiger partial charge in [-0.3, -0.25) is 13.9 Å². The van der Waals surface area contributed by atoms with Crippen LogP contribution in [0.15, 0.2) is 108 Å². The summed E-state index contributed by atoms with van der Waals surface area (Å²) >= 11 is 0. The van der Waals surface area contributed by atoms with Gasteiger partial charge >= 0.3 is 0 Å². The SMILES string of the molecule is COc1cccc(CN(C(=O)CN(c2ccc(C(C)C)cc2)S(=O)(=O)c2ccc(C)cc2)C(Cc2ccccc2)C(=O)NC2CCCCC2)c1. The molecule has 1 N–H and O–H groups in total. The van der Waals surface area contributed by atoms with E-state index in [1.807, 2.05) is 73.7 Å². The highest BCUT2D eigenvalue weighted by molar-refractivity contribution is 7.92. The molecule has 1 unspecified atom stereocenters. The number of hydrogen-bond donors (Lipinski definition) is 1. The van der Waals surface area contributed by atoms with Crippen molar-refractivity contribution in [1.29, 1.82) is 0 Å². The van der Waals surface area contributed by atoms with Crippen molar-refractivity contribution in [2.75, 3.05) is 18.0 Å². The summed E-state index contributed by atoms with van der Waals surface area (Å²) in [5, 5.41) is 3.26. The number of carbonyl (C=O) groups excluding carboxylic acids is 2. The Kier molecular flexibility index (Phi) is 12.4. The Morgan fingerprint density at radius 2 is 1.50 bits per heavy atom. The predicted molar refractivity (Wildman–Crippen MR) is 199 cm³/mol. The number of methoxy groups -OCH3 is 1. The van der Waals surface area contributed by atoms with Crippen LogP contribution in [0, 0.1) is 6.92 Å². The van der Waals surface area contributed by atoms with Crippen LogP contribution in [-0.2, 0) is 32.6 Å². The molecular formula is C41H49N3O5S. The Bertz CT molecular complexity index is 1820. The molecule has 0 heterocycles. The molecule has 0 bridgehead atoms. The quantitative estimate of drug-likeness (QED) is 0.148. The minimum absolute atomic E-state index is 0.0289. The number of rotatable bonds is 14. The molecule has 0 spiro atoms. The van der Waals surface area contributed by atoms with Gasteiger partial charge in [0.05, 0.1) is 17.7 Å². The van der Waals surface area contributed by atoms with Crippen molar-refractivity contribution in [1.82, 2.24) is 10.2 Å². The van der Waals surface area contributed by atoms with Crippen LogP contribution in [0.5, 0.6) is 5.75 Å². The van der Waals surface area contributed by atoms with Crippen molar-refractivity contribution in [3.05, 3.63) is 125 Å². The summed E-state index contributed by atoms with van der Waals surface area (Å²) in [6, 6.07) is 30.0. The summed E-state index contributed by atoms with van der Waals surface area (Å²) in [7, 11) is -2.60. The zero-order valence-electron chi connectivity index (χ0n) is 29.5. The van der Waals surface area contributed by atoms with Crippen molar-refractivity contribution >= 4 is 27.5 Å². The molecule has 0 saturated heterocycles. The number of amides is 2. The van der Waals surface area contributed by atoms with Crippen LogP contribution in [0.3, 0.4) is 0 Å². The van der Waals surface area contributed by atoms with Crippen molar-refractivity contribution in [3.8, 4) is 5.75 Å². The van der Waals surface area contributed by atoms with Crippen LogP contribution in [-0.4, -0.2) is 50.9 Å². The Morgan fingerprint density at radius 1 is 0.840 bits per heavy atom. The topological polar surface area (TPSA) is 96.0 Å². The number of ether oxygens (including phenoxy) is 1. The highest BCUT2D eigenvalue weighted by Gasteiger charge is 2.35. The molecule has 8 nitrogen and oxygen atoms in total. The molecule has 4 aromatic rings. The van der Waals surface area contributed by atoms with Gasteiger partial charge in [-0.1, -0.05) is 105 Å². The molecule has 50 heavy (non-hydrogen) atoms. The van der Waals surface area contributed by atoms with E-state index in [0.29, 0.717) is 11.4 Å².